The number of carboxylic acids is 1. The van der Waals surface area contributed by atoms with Crippen molar-refractivity contribution in [3.05, 3.63) is 51.9 Å². The van der Waals surface area contributed by atoms with Crippen LogP contribution in [0.2, 0.25) is 0 Å². The summed E-state index contributed by atoms with van der Waals surface area (Å²) in [7, 11) is 1.82. The maximum Gasteiger partial charge on any atom is 0.111 e. The average Bonchev–Trinajstić information content (AvgIpc) is 2.95. The Bertz CT molecular complexity index is 837. The number of nitrogens with zero attached hydrogens (tertiary/aromatic N) is 2. The van der Waals surface area contributed by atoms with Crippen LogP contribution in [0.15, 0.2) is 24.4 Å². The molecule has 0 spiro atoms. The molecule has 27 heavy (non-hydrogen) atoms. The average molecular weight is 370 g/mol. The topological polar surface area (TPSA) is 57.9 Å². The van der Waals surface area contributed by atoms with Gasteiger partial charge in [0.05, 0.1) is 0 Å². The summed E-state index contributed by atoms with van der Waals surface area (Å²) in [5, 5.41) is 13.4. The maximum atomic E-state index is 10.3. The minimum atomic E-state index is -1.07. The minimum Gasteiger partial charge on any atom is -0.550 e. The zero-order valence-corrected chi connectivity index (χ0v) is 17.3. The highest BCUT2D eigenvalue weighted by Gasteiger charge is 2.09. The molecule has 2 aliphatic rings. The number of unbranched alkanes of at least 4 members (excludes halogenated alkanes) is 5. The van der Waals surface area contributed by atoms with Crippen molar-refractivity contribution < 1.29 is 9.90 Å². The Hall–Kier alpha value is -2.10. The van der Waals surface area contributed by atoms with E-state index >= 15 is 0 Å². The molecule has 0 unspecified atom stereocenters. The summed E-state index contributed by atoms with van der Waals surface area (Å²) in [6.45, 7) is 6.31. The second-order valence-electron chi connectivity index (χ2n) is 7.76. The molecule has 0 bridgehead atoms. The number of aryl methyl sites for hydroxylation is 1. The third-order valence-electron chi connectivity index (χ3n) is 5.18. The Kier molecular flexibility index (Phi) is 8.08. The van der Waals surface area contributed by atoms with Crippen LogP contribution in [0.5, 0.6) is 0 Å². The van der Waals surface area contributed by atoms with Crippen LogP contribution in [-0.2, 0) is 24.7 Å². The van der Waals surface area contributed by atoms with Crippen molar-refractivity contribution in [1.29, 1.82) is 0 Å². The fraction of sp³-hybridized carbons (Fsp3) is 0.565. The van der Waals surface area contributed by atoms with E-state index in [1.807, 2.05) is 20.9 Å². The van der Waals surface area contributed by atoms with E-state index in [9.17, 15) is 9.90 Å². The third kappa shape index (κ3) is 5.95. The van der Waals surface area contributed by atoms with Gasteiger partial charge in [0.25, 0.3) is 0 Å². The number of aliphatic carboxylic acids is 1. The van der Waals surface area contributed by atoms with Crippen LogP contribution in [-0.4, -0.2) is 15.5 Å². The van der Waals surface area contributed by atoms with Gasteiger partial charge in [-0.1, -0.05) is 71.1 Å². The molecule has 148 valence electrons. The van der Waals surface area contributed by atoms with Crippen molar-refractivity contribution in [2.45, 2.75) is 78.1 Å². The standard InChI is InChI=1S/C14H20.C9H14N2O2/c1-2-3-4-5-6-7-8-12-11-13-9-10-14(12)13;1-6(2)9-10-5-7(11(9)3)4-8(12)13/h9-11H,2-8H2,1H3;5-6H,4H2,1-3H3,(H,12,13)/p-1. The number of hydrogen-bond acceptors (Lipinski definition) is 3. The molecule has 0 saturated heterocycles. The van der Waals surface area contributed by atoms with Crippen LogP contribution in [0, 0.1) is 10.4 Å². The van der Waals surface area contributed by atoms with Gasteiger partial charge in [0.2, 0.25) is 0 Å². The zero-order valence-electron chi connectivity index (χ0n) is 17.3. The van der Waals surface area contributed by atoms with Gasteiger partial charge in [0.1, 0.15) is 5.82 Å². The fourth-order valence-corrected chi connectivity index (χ4v) is 3.48. The van der Waals surface area contributed by atoms with E-state index in [1.165, 1.54) is 50.2 Å². The molecular weight excluding hydrogens is 336 g/mol. The Balaban J connectivity index is 0.000000194. The molecule has 0 aromatic carbocycles. The summed E-state index contributed by atoms with van der Waals surface area (Å²) >= 11 is 0. The van der Waals surface area contributed by atoms with Crippen LogP contribution in [0.4, 0.5) is 0 Å². The molecule has 1 aromatic rings. The van der Waals surface area contributed by atoms with Crippen LogP contribution in [0.1, 0.15) is 82.3 Å². The number of carboxylic acid groups (broad SMARTS) is 1. The molecule has 3 rings (SSSR count). The molecule has 0 saturated carbocycles. The lowest BCUT2D eigenvalue weighted by molar-refractivity contribution is -0.304. The highest BCUT2D eigenvalue weighted by atomic mass is 16.4. The maximum absolute atomic E-state index is 10.3. The van der Waals surface area contributed by atoms with Gasteiger partial charge in [-0.15, -0.1) is 0 Å². The second-order valence-corrected chi connectivity index (χ2v) is 7.76. The smallest absolute Gasteiger partial charge is 0.111 e. The van der Waals surface area contributed by atoms with Crippen molar-refractivity contribution in [1.82, 2.24) is 9.55 Å². The molecule has 0 radical (unpaired) electrons. The molecule has 4 nitrogen and oxygen atoms in total. The SMILES string of the molecule is CC(C)c1ncc(CC(=O)[O-])n1C.CCCCCCCCc1cc2ccc1=2. The lowest BCUT2D eigenvalue weighted by Crippen LogP contribution is -2.25. The molecule has 0 N–H and O–H groups in total. The Morgan fingerprint density at radius 1 is 1.15 bits per heavy atom. The summed E-state index contributed by atoms with van der Waals surface area (Å²) in [6.07, 6.45) is 11.3. The Morgan fingerprint density at radius 2 is 1.85 bits per heavy atom. The first-order valence-corrected chi connectivity index (χ1v) is 10.3. The first-order valence-electron chi connectivity index (χ1n) is 10.3. The largest absolute Gasteiger partial charge is 0.550 e. The summed E-state index contributed by atoms with van der Waals surface area (Å²) < 4.78 is 1.81. The number of hydrogen-bond donors (Lipinski definition) is 0. The Labute approximate surface area is 163 Å². The van der Waals surface area contributed by atoms with E-state index in [2.05, 4.69) is 30.1 Å². The van der Waals surface area contributed by atoms with Crippen molar-refractivity contribution in [3.63, 3.8) is 0 Å². The van der Waals surface area contributed by atoms with Crippen molar-refractivity contribution in [2.75, 3.05) is 0 Å². The van der Waals surface area contributed by atoms with Crippen molar-refractivity contribution >= 4 is 5.97 Å². The summed E-state index contributed by atoms with van der Waals surface area (Å²) in [4.78, 5) is 14.5. The number of rotatable bonds is 10. The van der Waals surface area contributed by atoms with Gasteiger partial charge in [-0.25, -0.2) is 4.98 Å². The van der Waals surface area contributed by atoms with Crippen molar-refractivity contribution in [3.8, 4) is 0 Å². The van der Waals surface area contributed by atoms with E-state index in [0.29, 0.717) is 11.6 Å². The lowest BCUT2D eigenvalue weighted by Gasteiger charge is -2.10. The monoisotopic (exact) mass is 369 g/mol. The molecule has 0 amide bonds. The van der Waals surface area contributed by atoms with Crippen molar-refractivity contribution in [2.24, 2.45) is 7.05 Å². The van der Waals surface area contributed by atoms with E-state index in [4.69, 9.17) is 0 Å². The quantitative estimate of drug-likeness (QED) is 0.507. The van der Waals surface area contributed by atoms with Crippen LogP contribution in [0.3, 0.4) is 0 Å². The highest BCUT2D eigenvalue weighted by molar-refractivity contribution is 5.67. The number of carbonyl (C=O) groups is 1. The van der Waals surface area contributed by atoms with Gasteiger partial charge >= 0.3 is 0 Å². The summed E-state index contributed by atoms with van der Waals surface area (Å²) in [5.41, 5.74) is 2.29. The Morgan fingerprint density at radius 3 is 2.33 bits per heavy atom. The van der Waals surface area contributed by atoms with E-state index < -0.39 is 5.97 Å². The first kappa shape index (κ1) is 21.2. The second kappa shape index (κ2) is 10.3. The predicted octanol–water partition coefficient (Wildman–Crippen LogP) is 4.03. The van der Waals surface area contributed by atoms with Gasteiger partial charge in [-0.05, 0) is 28.8 Å². The van der Waals surface area contributed by atoms with E-state index in [0.717, 1.165) is 5.82 Å². The van der Waals surface area contributed by atoms with E-state index in [1.54, 1.807) is 21.5 Å². The van der Waals surface area contributed by atoms with Gasteiger partial charge in [-0.3, -0.25) is 0 Å². The van der Waals surface area contributed by atoms with E-state index in [-0.39, 0.29) is 6.42 Å². The molecule has 0 fully saturated rings. The number of aromatic nitrogens is 2. The van der Waals surface area contributed by atoms with Crippen LogP contribution < -0.4 is 5.11 Å². The molecule has 0 aliphatic heterocycles. The van der Waals surface area contributed by atoms with Gasteiger partial charge in [0.15, 0.2) is 0 Å². The highest BCUT2D eigenvalue weighted by Crippen LogP contribution is 2.18. The van der Waals surface area contributed by atoms with Crippen LogP contribution >= 0.6 is 0 Å². The fourth-order valence-electron chi connectivity index (χ4n) is 3.48. The zero-order chi connectivity index (χ0) is 19.8. The lowest BCUT2D eigenvalue weighted by atomic mass is 9.94. The predicted molar refractivity (Wildman–Crippen MR) is 107 cm³/mol. The normalized spacial score (nSPS) is 11.3. The summed E-state index contributed by atoms with van der Waals surface area (Å²) in [6, 6.07) is 6.81. The van der Waals surface area contributed by atoms with Gasteiger partial charge < -0.3 is 14.5 Å². The van der Waals surface area contributed by atoms with Crippen LogP contribution in [0.25, 0.3) is 0 Å². The number of carbonyl (C=O) groups excluding carboxylic acids is 1. The molecular formula is C23H33N2O2-. The minimum absolute atomic E-state index is 0.0732. The molecule has 1 aromatic heterocycles. The number of benzene rings is 1. The first-order chi connectivity index (χ1) is 12.9. The molecule has 0 atom stereocenters. The number of imidazole rings is 1. The van der Waals surface area contributed by atoms with Gasteiger partial charge in [0, 0.05) is 37.2 Å². The van der Waals surface area contributed by atoms with Gasteiger partial charge in [-0.2, -0.15) is 0 Å². The summed E-state index contributed by atoms with van der Waals surface area (Å²) in [5.74, 6) is 0.134. The molecule has 2 aliphatic carbocycles. The molecule has 4 heteroatoms. The third-order valence-corrected chi connectivity index (χ3v) is 5.18. The molecule has 1 heterocycles.